The first-order valence-corrected chi connectivity index (χ1v) is 8.68. The number of nitrogens with zero attached hydrogens (tertiary/aromatic N) is 1. The van der Waals surface area contributed by atoms with Gasteiger partial charge in [0, 0.05) is 9.75 Å². The van der Waals surface area contributed by atoms with Crippen LogP contribution in [0.5, 0.6) is 0 Å². The Morgan fingerprint density at radius 2 is 1.48 bits per heavy atom. The number of aliphatic imine (C=N–C) groups is 1. The molecule has 0 aliphatic heterocycles. The van der Waals surface area contributed by atoms with Gasteiger partial charge in [-0.3, -0.25) is 4.99 Å². The zero-order chi connectivity index (χ0) is 16.4. The smallest absolute Gasteiger partial charge is 0.0651 e. The van der Waals surface area contributed by atoms with Crippen LogP contribution in [0.4, 0.5) is 5.69 Å². The molecule has 0 saturated carbocycles. The van der Waals surface area contributed by atoms with E-state index in [2.05, 4.69) is 81.0 Å². The molecule has 0 N–H and O–H groups in total. The average Bonchev–Trinajstić information content (AvgIpc) is 3.05. The van der Waals surface area contributed by atoms with Gasteiger partial charge in [-0.25, -0.2) is 0 Å². The molecule has 23 heavy (non-hydrogen) atoms. The van der Waals surface area contributed by atoms with E-state index in [-0.39, 0.29) is 0 Å². The zero-order valence-electron chi connectivity index (χ0n) is 13.8. The van der Waals surface area contributed by atoms with Crippen molar-refractivity contribution < 1.29 is 0 Å². The molecule has 3 aromatic rings. The topological polar surface area (TPSA) is 12.4 Å². The summed E-state index contributed by atoms with van der Waals surface area (Å²) in [6, 6.07) is 19.7. The summed E-state index contributed by atoms with van der Waals surface area (Å²) in [4.78, 5) is 6.62. The highest BCUT2D eigenvalue weighted by molar-refractivity contribution is 7.18. The molecule has 0 radical (unpaired) electrons. The van der Waals surface area contributed by atoms with Crippen LogP contribution in [-0.4, -0.2) is 6.72 Å². The second-order valence-electron chi connectivity index (χ2n) is 6.10. The Morgan fingerprint density at radius 1 is 0.870 bits per heavy atom. The normalized spacial score (nSPS) is 11.0. The summed E-state index contributed by atoms with van der Waals surface area (Å²) in [6.45, 7) is 10.1. The van der Waals surface area contributed by atoms with Crippen molar-refractivity contribution in [2.75, 3.05) is 0 Å². The lowest BCUT2D eigenvalue weighted by atomic mass is 10.0. The molecule has 2 heteroatoms. The summed E-state index contributed by atoms with van der Waals surface area (Å²) in [5, 5.41) is 0. The Kier molecular flexibility index (Phi) is 4.44. The monoisotopic (exact) mass is 319 g/mol. The van der Waals surface area contributed by atoms with Crippen LogP contribution in [0.1, 0.15) is 30.9 Å². The van der Waals surface area contributed by atoms with Crippen LogP contribution in [-0.2, 0) is 0 Å². The van der Waals surface area contributed by atoms with Crippen LogP contribution in [0.2, 0.25) is 0 Å². The second kappa shape index (κ2) is 6.51. The standard InChI is InChI=1S/C21H21NS/c1-14(2)16-5-7-17(8-6-16)20-11-12-21(23-20)18-9-10-19(22-4)15(3)13-18/h5-14H,4H2,1-3H3. The summed E-state index contributed by atoms with van der Waals surface area (Å²) >= 11 is 1.83. The molecule has 0 unspecified atom stereocenters. The molecule has 0 aliphatic rings. The quantitative estimate of drug-likeness (QED) is 0.466. The summed E-state index contributed by atoms with van der Waals surface area (Å²) in [5.74, 6) is 0.572. The number of rotatable bonds is 4. The average molecular weight is 319 g/mol. The van der Waals surface area contributed by atoms with Crippen LogP contribution in [0.15, 0.2) is 59.6 Å². The van der Waals surface area contributed by atoms with E-state index in [0.29, 0.717) is 5.92 Å². The Morgan fingerprint density at radius 3 is 2.04 bits per heavy atom. The minimum Gasteiger partial charge on any atom is -0.264 e. The maximum atomic E-state index is 4.03. The molecule has 1 aromatic heterocycles. The van der Waals surface area contributed by atoms with Crippen molar-refractivity contribution in [2.45, 2.75) is 26.7 Å². The van der Waals surface area contributed by atoms with Gasteiger partial charge in [-0.05, 0) is 66.1 Å². The molecule has 0 saturated heterocycles. The van der Waals surface area contributed by atoms with Crippen molar-refractivity contribution in [2.24, 2.45) is 4.99 Å². The predicted octanol–water partition coefficient (Wildman–Crippen LogP) is 6.85. The highest BCUT2D eigenvalue weighted by atomic mass is 32.1. The number of thiophene rings is 1. The first kappa shape index (κ1) is 15.7. The molecule has 0 aliphatic carbocycles. The molecular formula is C21H21NS. The Hall–Kier alpha value is -2.19. The van der Waals surface area contributed by atoms with E-state index < -0.39 is 0 Å². The summed E-state index contributed by atoms with van der Waals surface area (Å²) in [5.41, 5.74) is 6.02. The van der Waals surface area contributed by atoms with Crippen LogP contribution >= 0.6 is 11.3 Å². The minimum absolute atomic E-state index is 0.572. The van der Waals surface area contributed by atoms with Crippen LogP contribution in [0, 0.1) is 6.92 Å². The minimum atomic E-state index is 0.572. The van der Waals surface area contributed by atoms with Crippen molar-refractivity contribution in [3.63, 3.8) is 0 Å². The van der Waals surface area contributed by atoms with Crippen molar-refractivity contribution in [1.29, 1.82) is 0 Å². The summed E-state index contributed by atoms with van der Waals surface area (Å²) < 4.78 is 0. The van der Waals surface area contributed by atoms with E-state index in [0.717, 1.165) is 11.3 Å². The Labute approximate surface area is 142 Å². The van der Waals surface area contributed by atoms with Crippen molar-refractivity contribution in [1.82, 2.24) is 0 Å². The van der Waals surface area contributed by atoms with E-state index in [4.69, 9.17) is 0 Å². The molecule has 1 nitrogen and oxygen atoms in total. The van der Waals surface area contributed by atoms with E-state index in [1.807, 2.05) is 17.4 Å². The molecule has 116 valence electrons. The Bertz CT molecular complexity index is 825. The summed E-state index contributed by atoms with van der Waals surface area (Å²) in [6.07, 6.45) is 0. The van der Waals surface area contributed by atoms with Gasteiger partial charge in [-0.1, -0.05) is 44.2 Å². The number of benzene rings is 2. The number of hydrogen-bond acceptors (Lipinski definition) is 2. The number of aryl methyl sites for hydroxylation is 1. The van der Waals surface area contributed by atoms with Gasteiger partial charge in [-0.2, -0.15) is 0 Å². The molecule has 0 spiro atoms. The van der Waals surface area contributed by atoms with Gasteiger partial charge in [-0.15, -0.1) is 11.3 Å². The molecule has 2 aromatic carbocycles. The molecule has 0 amide bonds. The molecule has 0 fully saturated rings. The van der Waals surface area contributed by atoms with Gasteiger partial charge < -0.3 is 0 Å². The van der Waals surface area contributed by atoms with Crippen LogP contribution in [0.25, 0.3) is 20.9 Å². The van der Waals surface area contributed by atoms with Crippen LogP contribution in [0.3, 0.4) is 0 Å². The highest BCUT2D eigenvalue weighted by Gasteiger charge is 2.07. The van der Waals surface area contributed by atoms with E-state index >= 15 is 0 Å². The van der Waals surface area contributed by atoms with E-state index in [1.165, 1.54) is 26.4 Å². The maximum Gasteiger partial charge on any atom is 0.0651 e. The summed E-state index contributed by atoms with van der Waals surface area (Å²) in [7, 11) is 0. The van der Waals surface area contributed by atoms with E-state index in [1.54, 1.807) is 0 Å². The zero-order valence-corrected chi connectivity index (χ0v) is 14.7. The molecule has 1 heterocycles. The fourth-order valence-corrected chi connectivity index (χ4v) is 3.67. The highest BCUT2D eigenvalue weighted by Crippen LogP contribution is 2.36. The van der Waals surface area contributed by atoms with Crippen molar-refractivity contribution >= 4 is 23.7 Å². The molecule has 0 atom stereocenters. The van der Waals surface area contributed by atoms with Gasteiger partial charge in [0.25, 0.3) is 0 Å². The molecular weight excluding hydrogens is 298 g/mol. The lowest BCUT2D eigenvalue weighted by Gasteiger charge is -2.06. The first-order chi connectivity index (χ1) is 11.1. The third-order valence-electron chi connectivity index (χ3n) is 4.12. The largest absolute Gasteiger partial charge is 0.264 e. The van der Waals surface area contributed by atoms with Gasteiger partial charge in [0.2, 0.25) is 0 Å². The van der Waals surface area contributed by atoms with Crippen molar-refractivity contribution in [3.8, 4) is 20.9 Å². The lowest BCUT2D eigenvalue weighted by molar-refractivity contribution is 0.867. The second-order valence-corrected chi connectivity index (χ2v) is 7.18. The molecule has 3 rings (SSSR count). The fourth-order valence-electron chi connectivity index (χ4n) is 2.67. The van der Waals surface area contributed by atoms with Crippen molar-refractivity contribution in [3.05, 3.63) is 65.7 Å². The van der Waals surface area contributed by atoms with Gasteiger partial charge >= 0.3 is 0 Å². The maximum absolute atomic E-state index is 4.03. The third kappa shape index (κ3) is 3.27. The number of hydrogen-bond donors (Lipinski definition) is 0. The van der Waals surface area contributed by atoms with Gasteiger partial charge in [0.15, 0.2) is 0 Å². The Balaban J connectivity index is 1.91. The first-order valence-electron chi connectivity index (χ1n) is 7.86. The van der Waals surface area contributed by atoms with Crippen LogP contribution < -0.4 is 0 Å². The van der Waals surface area contributed by atoms with E-state index in [9.17, 15) is 0 Å². The SMILES string of the molecule is C=Nc1ccc(-c2ccc(-c3ccc(C(C)C)cc3)s2)cc1C. The fraction of sp³-hybridized carbons (Fsp3) is 0.190. The third-order valence-corrected chi connectivity index (χ3v) is 5.30. The van der Waals surface area contributed by atoms with Gasteiger partial charge in [0.1, 0.15) is 0 Å². The lowest BCUT2D eigenvalue weighted by Crippen LogP contribution is -1.85. The molecule has 0 bridgehead atoms. The predicted molar refractivity (Wildman–Crippen MR) is 103 cm³/mol. The van der Waals surface area contributed by atoms with Gasteiger partial charge in [0.05, 0.1) is 5.69 Å².